The molecule has 0 saturated carbocycles. The SMILES string of the molecule is CNC(=O)C1CN(C(=O)NCc2ccccc2)CC12CCN(c1ccc(C#N)c(C(F)(F)F)c1)CC2. The molecule has 0 radical (unpaired) electrons. The first-order valence-corrected chi connectivity index (χ1v) is 11.8. The number of nitriles is 1. The van der Waals surface area contributed by atoms with Crippen LogP contribution >= 0.6 is 0 Å². The standard InChI is InChI=1S/C26H28F3N5O2/c1-31-23(35)22-16-34(24(36)32-15-18-5-3-2-4-6-18)17-25(22)9-11-33(12-10-25)20-8-7-19(14-30)21(13-20)26(27,28)29/h2-8,13,22H,9-12,15-17H2,1H3,(H,31,35)(H,32,36). The van der Waals surface area contributed by atoms with E-state index in [1.165, 1.54) is 12.1 Å². The summed E-state index contributed by atoms with van der Waals surface area (Å²) in [6, 6.07) is 14.6. The summed E-state index contributed by atoms with van der Waals surface area (Å²) in [6.45, 7) is 1.95. The van der Waals surface area contributed by atoms with Crippen molar-refractivity contribution < 1.29 is 22.8 Å². The third kappa shape index (κ3) is 5.10. The Labute approximate surface area is 207 Å². The zero-order valence-corrected chi connectivity index (χ0v) is 19.9. The zero-order valence-electron chi connectivity index (χ0n) is 19.9. The lowest BCUT2D eigenvalue weighted by Crippen LogP contribution is -2.48. The highest BCUT2D eigenvalue weighted by molar-refractivity contribution is 5.82. The van der Waals surface area contributed by atoms with Gasteiger partial charge in [-0.25, -0.2) is 4.79 Å². The number of benzene rings is 2. The van der Waals surface area contributed by atoms with Crippen LogP contribution in [0.15, 0.2) is 48.5 Å². The van der Waals surface area contributed by atoms with Crippen LogP contribution in [0.4, 0.5) is 23.7 Å². The Morgan fingerprint density at radius 1 is 1.14 bits per heavy atom. The average molecular weight is 500 g/mol. The minimum Gasteiger partial charge on any atom is -0.371 e. The topological polar surface area (TPSA) is 88.5 Å². The molecule has 0 aromatic heterocycles. The second-order valence-corrected chi connectivity index (χ2v) is 9.38. The molecule has 2 aliphatic rings. The van der Waals surface area contributed by atoms with Crippen LogP contribution in [0.1, 0.15) is 29.5 Å². The normalized spacial score (nSPS) is 19.1. The molecule has 7 nitrogen and oxygen atoms in total. The van der Waals surface area contributed by atoms with Crippen molar-refractivity contribution in [2.45, 2.75) is 25.6 Å². The fourth-order valence-corrected chi connectivity index (χ4v) is 5.32. The number of carbonyl (C=O) groups excluding carboxylic acids is 2. The lowest BCUT2D eigenvalue weighted by molar-refractivity contribution is -0.137. The monoisotopic (exact) mass is 499 g/mol. The number of carbonyl (C=O) groups is 2. The van der Waals surface area contributed by atoms with Gasteiger partial charge in [0.2, 0.25) is 5.91 Å². The van der Waals surface area contributed by atoms with Gasteiger partial charge in [-0.05, 0) is 36.6 Å². The molecule has 2 heterocycles. The lowest BCUT2D eigenvalue weighted by atomic mass is 9.70. The molecule has 1 spiro atoms. The van der Waals surface area contributed by atoms with Crippen LogP contribution in [0.3, 0.4) is 0 Å². The number of nitrogens with zero attached hydrogens (tertiary/aromatic N) is 3. The van der Waals surface area contributed by atoms with Crippen molar-refractivity contribution in [2.75, 3.05) is 38.1 Å². The highest BCUT2D eigenvalue weighted by Gasteiger charge is 2.52. The van der Waals surface area contributed by atoms with E-state index in [4.69, 9.17) is 5.26 Å². The maximum atomic E-state index is 13.4. The van der Waals surface area contributed by atoms with Crippen LogP contribution in [0.25, 0.3) is 0 Å². The van der Waals surface area contributed by atoms with Gasteiger partial charge < -0.3 is 20.4 Å². The first-order chi connectivity index (χ1) is 17.2. The van der Waals surface area contributed by atoms with E-state index in [-0.39, 0.29) is 18.5 Å². The predicted molar refractivity (Wildman–Crippen MR) is 128 cm³/mol. The summed E-state index contributed by atoms with van der Waals surface area (Å²) < 4.78 is 40.3. The van der Waals surface area contributed by atoms with E-state index in [9.17, 15) is 22.8 Å². The maximum absolute atomic E-state index is 13.4. The molecule has 1 unspecified atom stereocenters. The van der Waals surface area contributed by atoms with Gasteiger partial charge in [0.15, 0.2) is 0 Å². The number of hydrogen-bond donors (Lipinski definition) is 2. The van der Waals surface area contributed by atoms with Gasteiger partial charge in [-0.1, -0.05) is 30.3 Å². The zero-order chi connectivity index (χ0) is 25.9. The van der Waals surface area contributed by atoms with Gasteiger partial charge >= 0.3 is 12.2 Å². The van der Waals surface area contributed by atoms with Crippen LogP contribution in [-0.4, -0.2) is 50.1 Å². The summed E-state index contributed by atoms with van der Waals surface area (Å²) in [4.78, 5) is 29.2. The summed E-state index contributed by atoms with van der Waals surface area (Å²) in [5, 5.41) is 14.7. The van der Waals surface area contributed by atoms with Crippen LogP contribution in [0, 0.1) is 22.7 Å². The Morgan fingerprint density at radius 2 is 1.83 bits per heavy atom. The molecule has 2 aliphatic heterocycles. The third-order valence-electron chi connectivity index (χ3n) is 7.34. The number of amides is 3. The van der Waals surface area contributed by atoms with E-state index in [0.29, 0.717) is 44.7 Å². The molecule has 4 rings (SSSR count). The van der Waals surface area contributed by atoms with Crippen LogP contribution < -0.4 is 15.5 Å². The molecular formula is C26H28F3N5O2. The van der Waals surface area contributed by atoms with Crippen molar-refractivity contribution >= 4 is 17.6 Å². The average Bonchev–Trinajstić information content (AvgIpc) is 3.25. The lowest BCUT2D eigenvalue weighted by Gasteiger charge is -2.42. The second-order valence-electron chi connectivity index (χ2n) is 9.38. The maximum Gasteiger partial charge on any atom is 0.417 e. The first kappa shape index (κ1) is 25.4. The number of nitrogens with one attached hydrogen (secondary N) is 2. The minimum absolute atomic E-state index is 0.139. The smallest absolute Gasteiger partial charge is 0.371 e. The Kier molecular flexibility index (Phi) is 7.11. The Balaban J connectivity index is 1.47. The van der Waals surface area contributed by atoms with Crippen LogP contribution in [0.5, 0.6) is 0 Å². The van der Waals surface area contributed by atoms with E-state index in [1.807, 2.05) is 35.2 Å². The number of likely N-dealkylation sites (tertiary alicyclic amines) is 1. The van der Waals surface area contributed by atoms with Gasteiger partial charge in [0.1, 0.15) is 0 Å². The van der Waals surface area contributed by atoms with Gasteiger partial charge in [0.25, 0.3) is 0 Å². The van der Waals surface area contributed by atoms with E-state index in [0.717, 1.165) is 11.6 Å². The quantitative estimate of drug-likeness (QED) is 0.671. The number of piperidine rings is 1. The minimum atomic E-state index is -4.62. The van der Waals surface area contributed by atoms with Gasteiger partial charge in [0.05, 0.1) is 23.1 Å². The molecule has 1 atom stereocenters. The first-order valence-electron chi connectivity index (χ1n) is 11.8. The van der Waals surface area contributed by atoms with Crippen molar-refractivity contribution in [1.82, 2.24) is 15.5 Å². The molecule has 2 aromatic carbocycles. The molecule has 36 heavy (non-hydrogen) atoms. The fraction of sp³-hybridized carbons (Fsp3) is 0.423. The summed E-state index contributed by atoms with van der Waals surface area (Å²) in [5.74, 6) is -0.543. The van der Waals surface area contributed by atoms with E-state index in [2.05, 4.69) is 10.6 Å². The van der Waals surface area contributed by atoms with Crippen molar-refractivity contribution in [3.05, 3.63) is 65.2 Å². The summed E-state index contributed by atoms with van der Waals surface area (Å²) in [7, 11) is 1.57. The van der Waals surface area contributed by atoms with Gasteiger partial charge in [0, 0.05) is 50.9 Å². The molecule has 2 saturated heterocycles. The van der Waals surface area contributed by atoms with Crippen molar-refractivity contribution in [3.8, 4) is 6.07 Å². The van der Waals surface area contributed by atoms with Crippen LogP contribution in [-0.2, 0) is 17.5 Å². The molecule has 3 amide bonds. The highest BCUT2D eigenvalue weighted by Crippen LogP contribution is 2.46. The molecule has 0 bridgehead atoms. The molecule has 190 valence electrons. The largest absolute Gasteiger partial charge is 0.417 e. The number of rotatable bonds is 4. The number of halogens is 3. The van der Waals surface area contributed by atoms with Gasteiger partial charge in [-0.15, -0.1) is 0 Å². The van der Waals surface area contributed by atoms with Crippen LogP contribution in [0.2, 0.25) is 0 Å². The Morgan fingerprint density at radius 3 is 2.44 bits per heavy atom. The summed E-state index contributed by atoms with van der Waals surface area (Å²) >= 11 is 0. The van der Waals surface area contributed by atoms with E-state index < -0.39 is 28.6 Å². The van der Waals surface area contributed by atoms with Crippen molar-refractivity contribution in [1.29, 1.82) is 5.26 Å². The van der Waals surface area contributed by atoms with E-state index in [1.54, 1.807) is 18.0 Å². The van der Waals surface area contributed by atoms with Crippen molar-refractivity contribution in [2.24, 2.45) is 11.3 Å². The highest BCUT2D eigenvalue weighted by atomic mass is 19.4. The third-order valence-corrected chi connectivity index (χ3v) is 7.34. The molecule has 0 aliphatic carbocycles. The predicted octanol–water partition coefficient (Wildman–Crippen LogP) is 3.75. The fourth-order valence-electron chi connectivity index (χ4n) is 5.32. The number of alkyl halides is 3. The molecule has 2 N–H and O–H groups in total. The Hall–Kier alpha value is -3.74. The van der Waals surface area contributed by atoms with Crippen molar-refractivity contribution in [3.63, 3.8) is 0 Å². The summed E-state index contributed by atoms with van der Waals surface area (Å²) in [6.07, 6.45) is -3.52. The van der Waals surface area contributed by atoms with E-state index >= 15 is 0 Å². The Bertz CT molecular complexity index is 1150. The molecule has 2 aromatic rings. The number of urea groups is 1. The number of hydrogen-bond acceptors (Lipinski definition) is 4. The number of anilines is 1. The van der Waals surface area contributed by atoms with Gasteiger partial charge in [-0.3, -0.25) is 4.79 Å². The molecular weight excluding hydrogens is 471 g/mol. The molecule has 10 heteroatoms. The summed E-state index contributed by atoms with van der Waals surface area (Å²) in [5.41, 5.74) is -0.458. The second kappa shape index (κ2) is 10.1. The van der Waals surface area contributed by atoms with Gasteiger partial charge in [-0.2, -0.15) is 18.4 Å². The molecule has 2 fully saturated rings.